The van der Waals surface area contributed by atoms with Gasteiger partial charge < -0.3 is 4.90 Å². The van der Waals surface area contributed by atoms with Crippen LogP contribution >= 0.6 is 0 Å². The van der Waals surface area contributed by atoms with Crippen molar-refractivity contribution in [3.63, 3.8) is 0 Å². The molecule has 0 aromatic carbocycles. The normalized spacial score (nSPS) is 13.2. The molecule has 21 heavy (non-hydrogen) atoms. The van der Waals surface area contributed by atoms with Gasteiger partial charge in [0.25, 0.3) is 5.91 Å². The van der Waals surface area contributed by atoms with E-state index >= 15 is 0 Å². The first kappa shape index (κ1) is 15.1. The second-order valence-electron chi connectivity index (χ2n) is 4.62. The number of likely N-dealkylation sites (N-methyl/N-ethyl adjacent to an activating group) is 1. The van der Waals surface area contributed by atoms with Gasteiger partial charge in [0.2, 0.25) is 0 Å². The predicted molar refractivity (Wildman–Crippen MR) is 68.6 cm³/mol. The van der Waals surface area contributed by atoms with Gasteiger partial charge in [-0.05, 0) is 13.0 Å². The van der Waals surface area contributed by atoms with Crippen LogP contribution < -0.4 is 4.90 Å². The lowest BCUT2D eigenvalue weighted by Gasteiger charge is -2.20. The summed E-state index contributed by atoms with van der Waals surface area (Å²) in [5, 5.41) is 7.35. The van der Waals surface area contributed by atoms with Crippen LogP contribution in [0.2, 0.25) is 0 Å². The molecule has 0 aliphatic carbocycles. The number of halogens is 3. The van der Waals surface area contributed by atoms with Crippen LogP contribution in [-0.4, -0.2) is 32.5 Å². The van der Waals surface area contributed by atoms with Crippen molar-refractivity contribution in [3.8, 4) is 0 Å². The molecule has 0 radical (unpaired) electrons. The summed E-state index contributed by atoms with van der Waals surface area (Å²) in [5.74, 6) is -0.389. The molecule has 0 aliphatic heterocycles. The molecule has 1 unspecified atom stereocenters. The molecule has 0 spiro atoms. The van der Waals surface area contributed by atoms with Crippen molar-refractivity contribution in [3.05, 3.63) is 30.4 Å². The van der Waals surface area contributed by atoms with Gasteiger partial charge in [0, 0.05) is 26.5 Å². The number of alkyl halides is 3. The SMILES string of the molecule is CC(C(=O)N(C)c1cnn(C)c1)n1ccc(C(F)(F)F)n1. The number of carbonyl (C=O) groups excluding carboxylic acids is 1. The largest absolute Gasteiger partial charge is 0.435 e. The number of hydrogen-bond acceptors (Lipinski definition) is 3. The van der Waals surface area contributed by atoms with Crippen molar-refractivity contribution in [2.45, 2.75) is 19.1 Å². The van der Waals surface area contributed by atoms with Gasteiger partial charge in [0.1, 0.15) is 6.04 Å². The van der Waals surface area contributed by atoms with Crippen LogP contribution in [0.3, 0.4) is 0 Å². The molecule has 2 aromatic rings. The Kier molecular flexibility index (Phi) is 3.75. The Morgan fingerprint density at radius 3 is 2.57 bits per heavy atom. The highest BCUT2D eigenvalue weighted by Crippen LogP contribution is 2.28. The van der Waals surface area contributed by atoms with E-state index in [-0.39, 0.29) is 5.91 Å². The summed E-state index contributed by atoms with van der Waals surface area (Å²) in [6, 6.07) is -0.0141. The van der Waals surface area contributed by atoms with Crippen LogP contribution in [0, 0.1) is 0 Å². The molecular formula is C12H14F3N5O. The molecule has 0 aliphatic rings. The maximum atomic E-state index is 12.5. The molecule has 9 heteroatoms. The number of aryl methyl sites for hydroxylation is 1. The van der Waals surface area contributed by atoms with E-state index in [0.717, 1.165) is 16.9 Å². The zero-order valence-electron chi connectivity index (χ0n) is 11.7. The van der Waals surface area contributed by atoms with Gasteiger partial charge >= 0.3 is 6.18 Å². The summed E-state index contributed by atoms with van der Waals surface area (Å²) in [5.41, 5.74) is -0.469. The fourth-order valence-corrected chi connectivity index (χ4v) is 1.81. The van der Waals surface area contributed by atoms with Crippen LogP contribution in [0.4, 0.5) is 18.9 Å². The Bertz CT molecular complexity index is 645. The highest BCUT2D eigenvalue weighted by molar-refractivity contribution is 5.95. The molecule has 2 aromatic heterocycles. The molecule has 114 valence electrons. The van der Waals surface area contributed by atoms with E-state index in [1.54, 1.807) is 13.2 Å². The van der Waals surface area contributed by atoms with Gasteiger partial charge in [-0.2, -0.15) is 23.4 Å². The van der Waals surface area contributed by atoms with Gasteiger partial charge in [-0.1, -0.05) is 0 Å². The molecule has 0 fully saturated rings. The number of hydrogen-bond donors (Lipinski definition) is 0. The minimum Gasteiger partial charge on any atom is -0.311 e. The molecule has 6 nitrogen and oxygen atoms in total. The highest BCUT2D eigenvalue weighted by Gasteiger charge is 2.34. The van der Waals surface area contributed by atoms with E-state index in [1.165, 1.54) is 29.7 Å². The number of rotatable bonds is 3. The van der Waals surface area contributed by atoms with Crippen molar-refractivity contribution in [1.82, 2.24) is 19.6 Å². The Hall–Kier alpha value is -2.32. The number of nitrogens with zero attached hydrogens (tertiary/aromatic N) is 5. The lowest BCUT2D eigenvalue weighted by molar-refractivity contribution is -0.141. The van der Waals surface area contributed by atoms with Crippen molar-refractivity contribution in [1.29, 1.82) is 0 Å². The molecule has 2 rings (SSSR count). The Morgan fingerprint density at radius 2 is 2.10 bits per heavy atom. The van der Waals surface area contributed by atoms with Crippen LogP contribution in [0.15, 0.2) is 24.7 Å². The summed E-state index contributed by atoms with van der Waals surface area (Å²) in [6.07, 6.45) is -0.255. The molecular weight excluding hydrogens is 287 g/mol. The molecule has 0 N–H and O–H groups in total. The number of amides is 1. The number of aromatic nitrogens is 4. The summed E-state index contributed by atoms with van der Waals surface area (Å²) in [4.78, 5) is 13.6. The van der Waals surface area contributed by atoms with E-state index in [2.05, 4.69) is 10.2 Å². The average molecular weight is 301 g/mol. The zero-order valence-corrected chi connectivity index (χ0v) is 11.7. The minimum atomic E-state index is -4.52. The number of carbonyl (C=O) groups is 1. The first-order chi connectivity index (χ1) is 9.70. The van der Waals surface area contributed by atoms with Crippen molar-refractivity contribution in [2.24, 2.45) is 7.05 Å². The lowest BCUT2D eigenvalue weighted by Crippen LogP contribution is -2.33. The standard InChI is InChI=1S/C12H14F3N5O/c1-8(20-5-4-10(17-20)12(13,14)15)11(21)19(3)9-6-16-18(2)7-9/h4-8H,1-3H3. The monoisotopic (exact) mass is 301 g/mol. The van der Waals surface area contributed by atoms with Crippen molar-refractivity contribution < 1.29 is 18.0 Å². The quantitative estimate of drug-likeness (QED) is 0.869. The zero-order chi connectivity index (χ0) is 15.8. The first-order valence-electron chi connectivity index (χ1n) is 6.08. The van der Waals surface area contributed by atoms with Gasteiger partial charge in [-0.3, -0.25) is 14.2 Å². The summed E-state index contributed by atoms with van der Waals surface area (Å²) < 4.78 is 40.1. The van der Waals surface area contributed by atoms with Crippen LogP contribution in [0.25, 0.3) is 0 Å². The van der Waals surface area contributed by atoms with Crippen LogP contribution in [-0.2, 0) is 18.0 Å². The van der Waals surface area contributed by atoms with E-state index < -0.39 is 17.9 Å². The lowest BCUT2D eigenvalue weighted by atomic mass is 10.3. The molecule has 1 atom stereocenters. The van der Waals surface area contributed by atoms with Gasteiger partial charge in [0.05, 0.1) is 11.9 Å². The maximum absolute atomic E-state index is 12.5. The fourth-order valence-electron chi connectivity index (χ4n) is 1.81. The Labute approximate surface area is 118 Å². The molecule has 1 amide bonds. The van der Waals surface area contributed by atoms with E-state index in [1.807, 2.05) is 0 Å². The fraction of sp³-hybridized carbons (Fsp3) is 0.417. The maximum Gasteiger partial charge on any atom is 0.435 e. The summed E-state index contributed by atoms with van der Waals surface area (Å²) in [6.45, 7) is 1.49. The van der Waals surface area contributed by atoms with E-state index in [0.29, 0.717) is 5.69 Å². The minimum absolute atomic E-state index is 0.389. The third kappa shape index (κ3) is 3.06. The Balaban J connectivity index is 2.17. The average Bonchev–Trinajstić information content (AvgIpc) is 3.04. The van der Waals surface area contributed by atoms with E-state index in [4.69, 9.17) is 0 Å². The predicted octanol–water partition coefficient (Wildman–Crippen LogP) is 1.86. The molecule has 2 heterocycles. The first-order valence-corrected chi connectivity index (χ1v) is 6.08. The van der Waals surface area contributed by atoms with Gasteiger partial charge in [-0.25, -0.2) is 0 Å². The second-order valence-corrected chi connectivity index (χ2v) is 4.62. The Morgan fingerprint density at radius 1 is 1.43 bits per heavy atom. The van der Waals surface area contributed by atoms with Crippen LogP contribution in [0.5, 0.6) is 0 Å². The summed E-state index contributed by atoms with van der Waals surface area (Å²) in [7, 11) is 3.23. The van der Waals surface area contributed by atoms with Crippen LogP contribution in [0.1, 0.15) is 18.7 Å². The van der Waals surface area contributed by atoms with Gasteiger partial charge in [-0.15, -0.1) is 0 Å². The van der Waals surface area contributed by atoms with E-state index in [9.17, 15) is 18.0 Å². The third-order valence-electron chi connectivity index (χ3n) is 3.06. The summed E-state index contributed by atoms with van der Waals surface area (Å²) >= 11 is 0. The topological polar surface area (TPSA) is 56.0 Å². The highest BCUT2D eigenvalue weighted by atomic mass is 19.4. The second kappa shape index (κ2) is 5.23. The van der Waals surface area contributed by atoms with Crippen molar-refractivity contribution in [2.75, 3.05) is 11.9 Å². The molecule has 0 bridgehead atoms. The third-order valence-corrected chi connectivity index (χ3v) is 3.06. The molecule has 0 saturated carbocycles. The smallest absolute Gasteiger partial charge is 0.311 e. The van der Waals surface area contributed by atoms with Crippen molar-refractivity contribution >= 4 is 11.6 Å². The molecule has 0 saturated heterocycles. The van der Waals surface area contributed by atoms with Gasteiger partial charge in [0.15, 0.2) is 5.69 Å². The number of anilines is 1.